The summed E-state index contributed by atoms with van der Waals surface area (Å²) < 4.78 is 0.969. The van der Waals surface area contributed by atoms with E-state index in [1.807, 2.05) is 19.9 Å². The fourth-order valence-electron chi connectivity index (χ4n) is 1.27. The van der Waals surface area contributed by atoms with Gasteiger partial charge < -0.3 is 10.8 Å². The van der Waals surface area contributed by atoms with Gasteiger partial charge in [-0.2, -0.15) is 0 Å². The van der Waals surface area contributed by atoms with Crippen molar-refractivity contribution in [2.24, 2.45) is 5.73 Å². The first-order valence-electron chi connectivity index (χ1n) is 4.18. The van der Waals surface area contributed by atoms with Gasteiger partial charge in [-0.05, 0) is 36.6 Å². The van der Waals surface area contributed by atoms with Crippen LogP contribution in [0, 0.1) is 13.8 Å². The van der Waals surface area contributed by atoms with E-state index in [-0.39, 0.29) is 0 Å². The molecule has 0 radical (unpaired) electrons. The zero-order valence-corrected chi connectivity index (χ0v) is 9.63. The predicted octanol–water partition coefficient (Wildman–Crippen LogP) is 2.15. The van der Waals surface area contributed by atoms with Gasteiger partial charge in [-0.1, -0.05) is 22.0 Å². The summed E-state index contributed by atoms with van der Waals surface area (Å²) in [6.45, 7) is 3.75. The molecule has 0 spiro atoms. The Morgan fingerprint density at radius 1 is 1.43 bits per heavy atom. The van der Waals surface area contributed by atoms with E-state index in [1.54, 1.807) is 6.07 Å². The summed E-state index contributed by atoms with van der Waals surface area (Å²) in [6, 6.07) is 2.74. The van der Waals surface area contributed by atoms with E-state index < -0.39 is 12.0 Å². The first-order valence-corrected chi connectivity index (χ1v) is 4.98. The Morgan fingerprint density at radius 3 is 2.50 bits per heavy atom. The molecule has 0 aromatic heterocycles. The van der Waals surface area contributed by atoms with E-state index in [2.05, 4.69) is 15.9 Å². The van der Waals surface area contributed by atoms with Crippen LogP contribution in [0.5, 0.6) is 0 Å². The first kappa shape index (κ1) is 11.2. The van der Waals surface area contributed by atoms with Gasteiger partial charge in [0.25, 0.3) is 0 Å². The predicted molar refractivity (Wildman–Crippen MR) is 58.2 cm³/mol. The molecule has 1 unspecified atom stereocenters. The number of carboxylic acids is 1. The number of carboxylic acid groups (broad SMARTS) is 1. The van der Waals surface area contributed by atoms with Gasteiger partial charge in [0.2, 0.25) is 0 Å². The number of benzene rings is 1. The van der Waals surface area contributed by atoms with Crippen molar-refractivity contribution in [2.75, 3.05) is 0 Å². The minimum Gasteiger partial charge on any atom is -0.480 e. The Labute approximate surface area is 91.1 Å². The molecule has 4 heteroatoms. The molecule has 0 saturated carbocycles. The molecule has 0 bridgehead atoms. The maximum Gasteiger partial charge on any atom is 0.325 e. The summed E-state index contributed by atoms with van der Waals surface area (Å²) in [5.41, 5.74) is 8.08. The maximum atomic E-state index is 10.7. The number of rotatable bonds is 2. The van der Waals surface area contributed by atoms with Crippen molar-refractivity contribution in [3.63, 3.8) is 0 Å². The molecule has 14 heavy (non-hydrogen) atoms. The summed E-state index contributed by atoms with van der Waals surface area (Å²) >= 11 is 3.38. The molecule has 0 aliphatic carbocycles. The number of aliphatic carboxylic acids is 1. The average molecular weight is 258 g/mol. The van der Waals surface area contributed by atoms with Gasteiger partial charge in [0, 0.05) is 4.47 Å². The summed E-state index contributed by atoms with van der Waals surface area (Å²) in [6.07, 6.45) is 0. The van der Waals surface area contributed by atoms with Crippen LogP contribution >= 0.6 is 15.9 Å². The Morgan fingerprint density at radius 2 is 2.00 bits per heavy atom. The van der Waals surface area contributed by atoms with E-state index in [0.717, 1.165) is 15.6 Å². The van der Waals surface area contributed by atoms with Gasteiger partial charge in [0.05, 0.1) is 0 Å². The number of halogens is 1. The molecule has 1 atom stereocenters. The molecule has 76 valence electrons. The molecule has 0 aliphatic heterocycles. The van der Waals surface area contributed by atoms with Crippen LogP contribution in [0.4, 0.5) is 0 Å². The first-order chi connectivity index (χ1) is 6.43. The number of hydrogen-bond acceptors (Lipinski definition) is 2. The third kappa shape index (κ3) is 2.13. The minimum atomic E-state index is -1.00. The van der Waals surface area contributed by atoms with Crippen molar-refractivity contribution < 1.29 is 9.90 Å². The van der Waals surface area contributed by atoms with Gasteiger partial charge in [-0.15, -0.1) is 0 Å². The second-order valence-corrected chi connectivity index (χ2v) is 4.13. The fraction of sp³-hybridized carbons (Fsp3) is 0.300. The molecular formula is C10H12BrNO2. The van der Waals surface area contributed by atoms with Gasteiger partial charge in [0.1, 0.15) is 6.04 Å². The number of hydrogen-bond donors (Lipinski definition) is 2. The lowest BCUT2D eigenvalue weighted by Crippen LogP contribution is -2.21. The average Bonchev–Trinajstić information content (AvgIpc) is 2.10. The highest BCUT2D eigenvalue weighted by molar-refractivity contribution is 9.10. The topological polar surface area (TPSA) is 63.3 Å². The van der Waals surface area contributed by atoms with E-state index in [0.29, 0.717) is 5.56 Å². The van der Waals surface area contributed by atoms with Gasteiger partial charge >= 0.3 is 5.97 Å². The number of nitrogens with two attached hydrogens (primary N) is 1. The molecular weight excluding hydrogens is 246 g/mol. The number of aryl methyl sites for hydroxylation is 2. The smallest absolute Gasteiger partial charge is 0.325 e. The van der Waals surface area contributed by atoms with E-state index >= 15 is 0 Å². The highest BCUT2D eigenvalue weighted by Crippen LogP contribution is 2.24. The highest BCUT2D eigenvalue weighted by Gasteiger charge is 2.17. The molecule has 0 amide bonds. The number of carbonyl (C=O) groups is 1. The molecule has 0 heterocycles. The Balaban J connectivity index is 3.22. The van der Waals surface area contributed by atoms with Crippen LogP contribution in [0.3, 0.4) is 0 Å². The largest absolute Gasteiger partial charge is 0.480 e. The molecule has 0 aliphatic rings. The highest BCUT2D eigenvalue weighted by atomic mass is 79.9. The Hall–Kier alpha value is -0.870. The SMILES string of the molecule is Cc1cc(C(N)C(=O)O)c(C)cc1Br. The fourth-order valence-corrected chi connectivity index (χ4v) is 1.73. The second kappa shape index (κ2) is 4.11. The molecule has 1 aromatic carbocycles. The zero-order chi connectivity index (χ0) is 10.9. The van der Waals surface area contributed by atoms with Crippen LogP contribution in [-0.4, -0.2) is 11.1 Å². The molecule has 1 rings (SSSR count). The third-order valence-electron chi connectivity index (χ3n) is 2.15. The monoisotopic (exact) mass is 257 g/mol. The summed E-state index contributed by atoms with van der Waals surface area (Å²) in [5.74, 6) is -1.00. The lowest BCUT2D eigenvalue weighted by atomic mass is 10.00. The van der Waals surface area contributed by atoms with E-state index in [4.69, 9.17) is 10.8 Å². The molecule has 3 N–H and O–H groups in total. The van der Waals surface area contributed by atoms with Crippen molar-refractivity contribution >= 4 is 21.9 Å². The van der Waals surface area contributed by atoms with Crippen LogP contribution < -0.4 is 5.73 Å². The van der Waals surface area contributed by atoms with Gasteiger partial charge in [0.15, 0.2) is 0 Å². The van der Waals surface area contributed by atoms with Crippen molar-refractivity contribution in [2.45, 2.75) is 19.9 Å². The van der Waals surface area contributed by atoms with Crippen molar-refractivity contribution in [1.29, 1.82) is 0 Å². The lowest BCUT2D eigenvalue weighted by molar-refractivity contribution is -0.138. The van der Waals surface area contributed by atoms with E-state index in [9.17, 15) is 4.79 Å². The van der Waals surface area contributed by atoms with Crippen LogP contribution in [0.25, 0.3) is 0 Å². The lowest BCUT2D eigenvalue weighted by Gasteiger charge is -2.12. The van der Waals surface area contributed by atoms with Crippen molar-refractivity contribution in [3.05, 3.63) is 33.3 Å². The van der Waals surface area contributed by atoms with Crippen LogP contribution in [0.15, 0.2) is 16.6 Å². The minimum absolute atomic E-state index is 0.665. The van der Waals surface area contributed by atoms with Crippen LogP contribution in [0.1, 0.15) is 22.7 Å². The van der Waals surface area contributed by atoms with Crippen molar-refractivity contribution in [1.82, 2.24) is 0 Å². The summed E-state index contributed by atoms with van der Waals surface area (Å²) in [5, 5.41) is 8.78. The van der Waals surface area contributed by atoms with Crippen molar-refractivity contribution in [3.8, 4) is 0 Å². The maximum absolute atomic E-state index is 10.7. The third-order valence-corrected chi connectivity index (χ3v) is 3.00. The zero-order valence-electron chi connectivity index (χ0n) is 8.04. The Kier molecular flexibility index (Phi) is 3.29. The quantitative estimate of drug-likeness (QED) is 0.854. The van der Waals surface area contributed by atoms with E-state index in [1.165, 1.54) is 0 Å². The molecule has 3 nitrogen and oxygen atoms in total. The molecule has 1 aromatic rings. The summed E-state index contributed by atoms with van der Waals surface area (Å²) in [4.78, 5) is 10.7. The standard InChI is InChI=1S/C10H12BrNO2/c1-5-4-8(11)6(2)3-7(5)9(12)10(13)14/h3-4,9H,12H2,1-2H3,(H,13,14). The second-order valence-electron chi connectivity index (χ2n) is 3.27. The normalized spacial score (nSPS) is 12.6. The van der Waals surface area contributed by atoms with Gasteiger partial charge in [-0.25, -0.2) is 0 Å². The Bertz CT molecular complexity index is 377. The molecule has 0 saturated heterocycles. The molecule has 0 fully saturated rings. The van der Waals surface area contributed by atoms with Crippen LogP contribution in [0.2, 0.25) is 0 Å². The van der Waals surface area contributed by atoms with Crippen LogP contribution in [-0.2, 0) is 4.79 Å². The van der Waals surface area contributed by atoms with Gasteiger partial charge in [-0.3, -0.25) is 4.79 Å². The summed E-state index contributed by atoms with van der Waals surface area (Å²) in [7, 11) is 0.